The fraction of sp³-hybridized carbons (Fsp3) is 0.261. The standard InChI is InChI=1S/C16H15N5O2S.C7H6ClN3OS/c1-22-7-13-21-14-15(18-8-19-16(14)24-13)20-11-6-10-9(3-4-17-10)5-12(11)23-2;1-12-2-4-11-5-6(8)9-3-10-7(5)13-4/h4-6,8H,3,7H2,1-2H3,(H,18,19,20);3H,2H2,1H3. The second-order valence-electron chi connectivity index (χ2n) is 7.60. The molecule has 1 N–H and O–H groups in total. The summed E-state index contributed by atoms with van der Waals surface area (Å²) in [5.74, 6) is 1.39. The number of ether oxygens (including phenoxy) is 3. The Morgan fingerprint density at radius 1 is 0.892 bits per heavy atom. The molecular formula is C23H21ClN8O3S2. The highest BCUT2D eigenvalue weighted by atomic mass is 35.5. The normalized spacial score (nSPS) is 12.0. The van der Waals surface area contributed by atoms with Gasteiger partial charge in [0.05, 0.1) is 31.7 Å². The second kappa shape index (κ2) is 11.4. The van der Waals surface area contributed by atoms with Crippen molar-refractivity contribution < 1.29 is 14.2 Å². The first-order valence-corrected chi connectivity index (χ1v) is 12.9. The van der Waals surface area contributed by atoms with E-state index in [2.05, 4.69) is 40.2 Å². The molecule has 14 heteroatoms. The van der Waals surface area contributed by atoms with Gasteiger partial charge < -0.3 is 19.5 Å². The zero-order chi connectivity index (χ0) is 25.8. The minimum atomic E-state index is 0.392. The quantitative estimate of drug-likeness (QED) is 0.269. The van der Waals surface area contributed by atoms with Crippen LogP contribution in [0.15, 0.2) is 29.8 Å². The molecule has 37 heavy (non-hydrogen) atoms. The predicted molar refractivity (Wildman–Crippen MR) is 145 cm³/mol. The molecule has 0 saturated heterocycles. The van der Waals surface area contributed by atoms with Gasteiger partial charge in [0.2, 0.25) is 0 Å². The molecule has 1 aliphatic rings. The number of hydrogen-bond acceptors (Lipinski definition) is 13. The minimum absolute atomic E-state index is 0.392. The van der Waals surface area contributed by atoms with Crippen molar-refractivity contribution in [2.24, 2.45) is 4.99 Å². The lowest BCUT2D eigenvalue weighted by Crippen LogP contribution is -1.99. The maximum absolute atomic E-state index is 5.82. The first-order valence-electron chi connectivity index (χ1n) is 10.9. The fourth-order valence-corrected chi connectivity index (χ4v) is 5.54. The molecule has 1 aliphatic heterocycles. The second-order valence-corrected chi connectivity index (χ2v) is 10.1. The van der Waals surface area contributed by atoms with Crippen LogP contribution < -0.4 is 10.1 Å². The van der Waals surface area contributed by atoms with E-state index in [1.165, 1.54) is 35.3 Å². The third-order valence-electron chi connectivity index (χ3n) is 5.17. The van der Waals surface area contributed by atoms with E-state index < -0.39 is 0 Å². The van der Waals surface area contributed by atoms with Crippen LogP contribution in [0.5, 0.6) is 5.75 Å². The summed E-state index contributed by atoms with van der Waals surface area (Å²) in [7, 11) is 4.92. The lowest BCUT2D eigenvalue weighted by molar-refractivity contribution is 0.184. The summed E-state index contributed by atoms with van der Waals surface area (Å²) in [6.45, 7) is 0.939. The Balaban J connectivity index is 0.000000182. The molecule has 0 spiro atoms. The Morgan fingerprint density at radius 2 is 1.57 bits per heavy atom. The lowest BCUT2D eigenvalue weighted by Gasteiger charge is -2.12. The van der Waals surface area contributed by atoms with Crippen molar-refractivity contribution in [1.82, 2.24) is 29.9 Å². The zero-order valence-corrected chi connectivity index (χ0v) is 22.4. The van der Waals surface area contributed by atoms with Crippen LogP contribution in [0.3, 0.4) is 0 Å². The van der Waals surface area contributed by atoms with Crippen molar-refractivity contribution >= 4 is 78.4 Å². The molecule has 0 radical (unpaired) electrons. The molecule has 190 valence electrons. The molecule has 6 rings (SSSR count). The monoisotopic (exact) mass is 556 g/mol. The SMILES string of the molecule is COCc1nc2c(Cl)ncnc2s1.COCc1nc2c(Nc3cc4c(cc3OC)CC=N4)ncnc2s1. The number of benzene rings is 1. The number of methoxy groups -OCH3 is 3. The summed E-state index contributed by atoms with van der Waals surface area (Å²) < 4.78 is 15.6. The number of fused-ring (bicyclic) bond motifs is 3. The molecule has 0 unspecified atom stereocenters. The number of aromatic nitrogens is 6. The van der Waals surface area contributed by atoms with Gasteiger partial charge in [-0.2, -0.15) is 0 Å². The number of nitrogens with one attached hydrogen (secondary N) is 1. The Bertz CT molecular complexity index is 1590. The maximum Gasteiger partial charge on any atom is 0.161 e. The van der Waals surface area contributed by atoms with E-state index in [0.29, 0.717) is 29.7 Å². The number of anilines is 2. The number of rotatable bonds is 7. The Kier molecular flexibility index (Phi) is 7.76. The van der Waals surface area contributed by atoms with Crippen molar-refractivity contribution in [3.8, 4) is 5.75 Å². The highest BCUT2D eigenvalue weighted by Gasteiger charge is 2.16. The summed E-state index contributed by atoms with van der Waals surface area (Å²) in [5, 5.41) is 5.42. The molecule has 5 aromatic rings. The van der Waals surface area contributed by atoms with E-state index >= 15 is 0 Å². The van der Waals surface area contributed by atoms with Gasteiger partial charge in [0.1, 0.15) is 49.1 Å². The Hall–Kier alpha value is -3.36. The average Bonchev–Trinajstić information content (AvgIpc) is 3.63. The highest BCUT2D eigenvalue weighted by Crippen LogP contribution is 2.37. The molecule has 0 amide bonds. The fourth-order valence-electron chi connectivity index (χ4n) is 3.56. The predicted octanol–water partition coefficient (Wildman–Crippen LogP) is 5.13. The van der Waals surface area contributed by atoms with Gasteiger partial charge in [0.15, 0.2) is 11.0 Å². The molecule has 11 nitrogen and oxygen atoms in total. The van der Waals surface area contributed by atoms with Gasteiger partial charge in [-0.25, -0.2) is 29.9 Å². The van der Waals surface area contributed by atoms with Gasteiger partial charge in [0.25, 0.3) is 0 Å². The third kappa shape index (κ3) is 5.50. The molecule has 0 aliphatic carbocycles. The number of nitrogens with zero attached hydrogens (tertiary/aromatic N) is 7. The van der Waals surface area contributed by atoms with Crippen molar-refractivity contribution in [3.05, 3.63) is 45.5 Å². The number of halogens is 1. The molecule has 5 heterocycles. The molecule has 0 atom stereocenters. The topological polar surface area (TPSA) is 129 Å². The summed E-state index contributed by atoms with van der Waals surface area (Å²) >= 11 is 8.78. The minimum Gasteiger partial charge on any atom is -0.495 e. The van der Waals surface area contributed by atoms with Crippen LogP contribution in [0.4, 0.5) is 17.2 Å². The average molecular weight is 557 g/mol. The van der Waals surface area contributed by atoms with E-state index in [1.54, 1.807) is 21.3 Å². The van der Waals surface area contributed by atoms with Crippen LogP contribution >= 0.6 is 34.3 Å². The number of hydrogen-bond donors (Lipinski definition) is 1. The van der Waals surface area contributed by atoms with Crippen LogP contribution in [0, 0.1) is 0 Å². The molecular weight excluding hydrogens is 536 g/mol. The van der Waals surface area contributed by atoms with Gasteiger partial charge >= 0.3 is 0 Å². The van der Waals surface area contributed by atoms with E-state index in [0.717, 1.165) is 54.3 Å². The van der Waals surface area contributed by atoms with E-state index in [1.807, 2.05) is 18.3 Å². The van der Waals surface area contributed by atoms with E-state index in [-0.39, 0.29) is 0 Å². The molecule has 1 aromatic carbocycles. The van der Waals surface area contributed by atoms with Crippen molar-refractivity contribution in [2.45, 2.75) is 19.6 Å². The van der Waals surface area contributed by atoms with Crippen LogP contribution in [-0.2, 0) is 29.1 Å². The van der Waals surface area contributed by atoms with Gasteiger partial charge in [-0.1, -0.05) is 34.3 Å². The highest BCUT2D eigenvalue weighted by molar-refractivity contribution is 7.18. The molecule has 0 saturated carbocycles. The molecule has 4 aromatic heterocycles. The summed E-state index contributed by atoms with van der Waals surface area (Å²) in [4.78, 5) is 31.3. The molecule has 0 bridgehead atoms. The van der Waals surface area contributed by atoms with E-state index in [4.69, 9.17) is 25.8 Å². The van der Waals surface area contributed by atoms with Crippen LogP contribution in [0.2, 0.25) is 5.15 Å². The van der Waals surface area contributed by atoms with Crippen molar-refractivity contribution in [1.29, 1.82) is 0 Å². The zero-order valence-electron chi connectivity index (χ0n) is 20.1. The third-order valence-corrected chi connectivity index (χ3v) is 7.32. The van der Waals surface area contributed by atoms with Crippen molar-refractivity contribution in [3.63, 3.8) is 0 Å². The van der Waals surface area contributed by atoms with Gasteiger partial charge in [-0.3, -0.25) is 4.99 Å². The number of thiazole rings is 2. The van der Waals surface area contributed by atoms with Crippen LogP contribution in [0.25, 0.3) is 20.7 Å². The van der Waals surface area contributed by atoms with E-state index in [9.17, 15) is 0 Å². The first kappa shape index (κ1) is 25.3. The first-order chi connectivity index (χ1) is 18.1. The van der Waals surface area contributed by atoms with Gasteiger partial charge in [-0.05, 0) is 17.7 Å². The van der Waals surface area contributed by atoms with Crippen LogP contribution in [0.1, 0.15) is 15.6 Å². The summed E-state index contributed by atoms with van der Waals surface area (Å²) in [6, 6.07) is 3.97. The maximum atomic E-state index is 5.82. The summed E-state index contributed by atoms with van der Waals surface area (Å²) in [5.41, 5.74) is 4.28. The largest absolute Gasteiger partial charge is 0.495 e. The smallest absolute Gasteiger partial charge is 0.161 e. The lowest BCUT2D eigenvalue weighted by atomic mass is 10.1. The van der Waals surface area contributed by atoms with Crippen LogP contribution in [-0.4, -0.2) is 57.4 Å². The molecule has 0 fully saturated rings. The number of aliphatic imine (C=N–C) groups is 1. The Labute approximate surface area is 224 Å². The summed E-state index contributed by atoms with van der Waals surface area (Å²) in [6.07, 6.45) is 5.68. The Morgan fingerprint density at radius 3 is 2.24 bits per heavy atom. The van der Waals surface area contributed by atoms with Crippen molar-refractivity contribution in [2.75, 3.05) is 26.6 Å². The van der Waals surface area contributed by atoms with Gasteiger partial charge in [-0.15, -0.1) is 0 Å². The van der Waals surface area contributed by atoms with Gasteiger partial charge in [0, 0.05) is 26.9 Å².